The lowest BCUT2D eigenvalue weighted by molar-refractivity contribution is -0.144. The van der Waals surface area contributed by atoms with Gasteiger partial charge in [-0.25, -0.2) is 8.93 Å². The standard InChI is InChI=1S/C22H40N2O4SSi/c1-20(2,3)29(25)24-18(17-15-26-22(7,8)27-17)19(16-13-11-12-14-23-16)28-30(9,10)21(4,5)6/h11-14,17-19,24H,15H2,1-10H3/t17-,18+,19?,29-/m1/s1. The molecule has 6 nitrogen and oxygen atoms in total. The molecule has 1 saturated heterocycles. The normalized spacial score (nSPS) is 23.2. The number of hydrogen-bond acceptors (Lipinski definition) is 5. The van der Waals surface area contributed by atoms with Crippen LogP contribution in [0.1, 0.15) is 67.2 Å². The third-order valence-corrected chi connectivity index (χ3v) is 11.8. The van der Waals surface area contributed by atoms with Crippen molar-refractivity contribution in [2.75, 3.05) is 6.61 Å². The summed E-state index contributed by atoms with van der Waals surface area (Å²) in [6, 6.07) is 5.43. The maximum absolute atomic E-state index is 13.1. The topological polar surface area (TPSA) is 69.7 Å². The highest BCUT2D eigenvalue weighted by Gasteiger charge is 2.47. The molecule has 2 heterocycles. The zero-order chi connectivity index (χ0) is 23.0. The quantitative estimate of drug-likeness (QED) is 0.601. The number of pyridine rings is 1. The second kappa shape index (κ2) is 9.08. The summed E-state index contributed by atoms with van der Waals surface area (Å²) in [7, 11) is -3.48. The number of aromatic nitrogens is 1. The van der Waals surface area contributed by atoms with Gasteiger partial charge in [-0.2, -0.15) is 0 Å². The number of ether oxygens (including phenoxy) is 2. The maximum atomic E-state index is 13.1. The molecule has 172 valence electrons. The van der Waals surface area contributed by atoms with Gasteiger partial charge in [0.25, 0.3) is 0 Å². The molecule has 1 aliphatic heterocycles. The van der Waals surface area contributed by atoms with E-state index in [0.29, 0.717) is 6.61 Å². The molecule has 0 bridgehead atoms. The van der Waals surface area contributed by atoms with E-state index in [0.717, 1.165) is 5.69 Å². The Morgan fingerprint density at radius 3 is 2.30 bits per heavy atom. The van der Waals surface area contributed by atoms with Crippen LogP contribution in [0.3, 0.4) is 0 Å². The van der Waals surface area contributed by atoms with Crippen LogP contribution in [-0.4, -0.2) is 46.8 Å². The molecular weight excluding hydrogens is 416 g/mol. The molecule has 1 aromatic heterocycles. The van der Waals surface area contributed by atoms with Gasteiger partial charge in [-0.1, -0.05) is 26.8 Å². The average molecular weight is 457 g/mol. The largest absolute Gasteiger partial charge is 0.407 e. The van der Waals surface area contributed by atoms with E-state index in [1.54, 1.807) is 6.20 Å². The lowest BCUT2D eigenvalue weighted by atomic mass is 10.0. The smallest absolute Gasteiger partial charge is 0.193 e. The summed E-state index contributed by atoms with van der Waals surface area (Å²) in [5, 5.41) is 0.0140. The van der Waals surface area contributed by atoms with E-state index in [1.807, 2.05) is 52.8 Å². The lowest BCUT2D eigenvalue weighted by Crippen LogP contribution is -2.54. The Balaban J connectivity index is 2.49. The third-order valence-electron chi connectivity index (χ3n) is 5.76. The highest BCUT2D eigenvalue weighted by atomic mass is 32.2. The molecule has 30 heavy (non-hydrogen) atoms. The molecule has 1 unspecified atom stereocenters. The molecule has 0 aromatic carbocycles. The van der Waals surface area contributed by atoms with Gasteiger partial charge in [0.1, 0.15) is 12.2 Å². The van der Waals surface area contributed by atoms with Gasteiger partial charge >= 0.3 is 0 Å². The van der Waals surface area contributed by atoms with Crippen LogP contribution in [0.25, 0.3) is 0 Å². The van der Waals surface area contributed by atoms with Crippen molar-refractivity contribution < 1.29 is 18.1 Å². The molecule has 0 radical (unpaired) electrons. The summed E-state index contributed by atoms with van der Waals surface area (Å²) in [6.07, 6.45) is 1.04. The van der Waals surface area contributed by atoms with Crippen LogP contribution in [0.4, 0.5) is 0 Å². The van der Waals surface area contributed by atoms with Gasteiger partial charge in [0.2, 0.25) is 0 Å². The second-order valence-corrected chi connectivity index (χ2v) is 17.7. The SMILES string of the molecule is CC1(C)OC[C@H]([C@H](N[S@](=O)C(C)(C)C)C(O[Si](C)(C)C(C)(C)C)c2ccccn2)O1. The first-order chi connectivity index (χ1) is 13.5. The summed E-state index contributed by atoms with van der Waals surface area (Å²) in [5.74, 6) is -0.695. The van der Waals surface area contributed by atoms with E-state index in [-0.39, 0.29) is 17.2 Å². The Bertz CT molecular complexity index is 729. The van der Waals surface area contributed by atoms with Gasteiger partial charge in [-0.15, -0.1) is 0 Å². The van der Waals surface area contributed by atoms with E-state index < -0.39 is 35.9 Å². The Kier molecular flexibility index (Phi) is 7.75. The second-order valence-electron chi connectivity index (χ2n) is 10.9. The minimum absolute atomic E-state index is 0.0140. The fraction of sp³-hybridized carbons (Fsp3) is 0.773. The Hall–Kier alpha value is -0.643. The zero-order valence-electron chi connectivity index (χ0n) is 20.2. The third kappa shape index (κ3) is 6.43. The molecule has 0 spiro atoms. The molecule has 0 saturated carbocycles. The first kappa shape index (κ1) is 25.6. The number of rotatable bonds is 7. The first-order valence-electron chi connectivity index (χ1n) is 10.6. The van der Waals surface area contributed by atoms with Crippen molar-refractivity contribution >= 4 is 19.3 Å². The van der Waals surface area contributed by atoms with Gasteiger partial charge in [0.05, 0.1) is 34.1 Å². The van der Waals surface area contributed by atoms with Crippen LogP contribution in [0.2, 0.25) is 18.1 Å². The summed E-state index contributed by atoms with van der Waals surface area (Å²) in [5.41, 5.74) is 0.805. The molecule has 0 aliphatic carbocycles. The number of hydrogen-bond donors (Lipinski definition) is 1. The Labute approximate surface area is 186 Å². The van der Waals surface area contributed by atoms with Crippen molar-refractivity contribution in [3.8, 4) is 0 Å². The van der Waals surface area contributed by atoms with Crippen LogP contribution < -0.4 is 4.72 Å². The molecule has 4 atom stereocenters. The monoisotopic (exact) mass is 456 g/mol. The molecular formula is C22H40N2O4SSi. The van der Waals surface area contributed by atoms with Gasteiger partial charge in [0.15, 0.2) is 14.1 Å². The van der Waals surface area contributed by atoms with E-state index >= 15 is 0 Å². The Morgan fingerprint density at radius 1 is 1.23 bits per heavy atom. The zero-order valence-corrected chi connectivity index (χ0v) is 22.1. The molecule has 0 amide bonds. The maximum Gasteiger partial charge on any atom is 0.193 e. The van der Waals surface area contributed by atoms with Crippen molar-refractivity contribution in [2.45, 2.75) is 102 Å². The summed E-state index contributed by atoms with van der Waals surface area (Å²) in [4.78, 5) is 4.61. The van der Waals surface area contributed by atoms with Crippen molar-refractivity contribution in [3.63, 3.8) is 0 Å². The summed E-state index contributed by atoms with van der Waals surface area (Å²) >= 11 is 0. The first-order valence-corrected chi connectivity index (χ1v) is 14.7. The van der Waals surface area contributed by atoms with Gasteiger partial charge < -0.3 is 13.9 Å². The van der Waals surface area contributed by atoms with E-state index in [2.05, 4.69) is 43.6 Å². The minimum Gasteiger partial charge on any atom is -0.407 e. The molecule has 1 aromatic rings. The van der Waals surface area contributed by atoms with E-state index in [9.17, 15) is 4.21 Å². The predicted molar refractivity (Wildman–Crippen MR) is 125 cm³/mol. The Morgan fingerprint density at radius 2 is 1.87 bits per heavy atom. The van der Waals surface area contributed by atoms with Crippen LogP contribution in [-0.2, 0) is 24.9 Å². The van der Waals surface area contributed by atoms with Crippen LogP contribution >= 0.6 is 0 Å². The minimum atomic E-state index is -2.17. The van der Waals surface area contributed by atoms with Gasteiger partial charge in [0, 0.05) is 6.20 Å². The van der Waals surface area contributed by atoms with E-state index in [4.69, 9.17) is 13.9 Å². The van der Waals surface area contributed by atoms with Crippen LogP contribution in [0.15, 0.2) is 24.4 Å². The molecule has 1 fully saturated rings. The van der Waals surface area contributed by atoms with Gasteiger partial charge in [-0.3, -0.25) is 4.98 Å². The lowest BCUT2D eigenvalue weighted by Gasteiger charge is -2.42. The van der Waals surface area contributed by atoms with Crippen LogP contribution in [0.5, 0.6) is 0 Å². The van der Waals surface area contributed by atoms with Crippen molar-refractivity contribution in [3.05, 3.63) is 30.1 Å². The molecule has 1 N–H and O–H groups in total. The van der Waals surface area contributed by atoms with Crippen LogP contribution in [0, 0.1) is 0 Å². The average Bonchev–Trinajstić information content (AvgIpc) is 2.96. The van der Waals surface area contributed by atoms with Gasteiger partial charge in [-0.05, 0) is 64.9 Å². The molecule has 1 aliphatic rings. The van der Waals surface area contributed by atoms with Crippen molar-refractivity contribution in [2.24, 2.45) is 0 Å². The highest BCUT2D eigenvalue weighted by molar-refractivity contribution is 7.84. The highest BCUT2D eigenvalue weighted by Crippen LogP contribution is 2.41. The van der Waals surface area contributed by atoms with Crippen molar-refractivity contribution in [1.29, 1.82) is 0 Å². The molecule has 8 heteroatoms. The number of nitrogens with one attached hydrogen (secondary N) is 1. The number of nitrogens with zero attached hydrogens (tertiary/aromatic N) is 1. The summed E-state index contributed by atoms with van der Waals surface area (Å²) < 4.78 is 35.0. The fourth-order valence-corrected chi connectivity index (χ4v) is 5.01. The fourth-order valence-electron chi connectivity index (χ4n) is 2.88. The predicted octanol–water partition coefficient (Wildman–Crippen LogP) is 4.72. The summed E-state index contributed by atoms with van der Waals surface area (Å²) in [6.45, 7) is 21.1. The molecule has 2 rings (SSSR count). The van der Waals surface area contributed by atoms with Crippen molar-refractivity contribution in [1.82, 2.24) is 9.71 Å². The van der Waals surface area contributed by atoms with E-state index in [1.165, 1.54) is 0 Å².